The molecule has 4 rings (SSSR count). The summed E-state index contributed by atoms with van der Waals surface area (Å²) in [5, 5.41) is 14.3. The molecule has 0 saturated carbocycles. The first-order valence-corrected chi connectivity index (χ1v) is 12.4. The summed E-state index contributed by atoms with van der Waals surface area (Å²) in [5.41, 5.74) is 8.11. The molecule has 0 aliphatic carbocycles. The number of carbonyl (C=O) groups excluding carboxylic acids is 1. The monoisotopic (exact) mass is 501 g/mol. The number of rotatable bonds is 8. The van der Waals surface area contributed by atoms with Crippen LogP contribution in [0.4, 0.5) is 5.69 Å². The summed E-state index contributed by atoms with van der Waals surface area (Å²) in [6, 6.07) is 11.2. The molecule has 1 aliphatic heterocycles. The van der Waals surface area contributed by atoms with Crippen LogP contribution in [-0.4, -0.2) is 43.8 Å². The van der Waals surface area contributed by atoms with Crippen molar-refractivity contribution in [3.05, 3.63) is 58.4 Å². The van der Waals surface area contributed by atoms with Gasteiger partial charge in [-0.2, -0.15) is 0 Å². The van der Waals surface area contributed by atoms with Crippen molar-refractivity contribution in [2.24, 2.45) is 16.0 Å². The minimum absolute atomic E-state index is 0.0129. The largest absolute Gasteiger partial charge is 0.506 e. The first-order chi connectivity index (χ1) is 16.6. The smallest absolute Gasteiger partial charge is 0.284 e. The normalized spacial score (nSPS) is 15.2. The number of nitrogens with two attached hydrogens (primary N) is 1. The number of fused-ring (bicyclic) bond motifs is 2. The van der Waals surface area contributed by atoms with E-state index in [9.17, 15) is 23.8 Å². The van der Waals surface area contributed by atoms with Gasteiger partial charge in [-0.1, -0.05) is 36.8 Å². The molecule has 2 aromatic carbocycles. The zero-order chi connectivity index (χ0) is 25.3. The number of amidine groups is 1. The van der Waals surface area contributed by atoms with E-state index in [-0.39, 0.29) is 40.1 Å². The minimum Gasteiger partial charge on any atom is -0.506 e. The van der Waals surface area contributed by atoms with E-state index in [4.69, 9.17) is 10.5 Å². The minimum atomic E-state index is -3.78. The fourth-order valence-electron chi connectivity index (χ4n) is 3.67. The molecule has 0 spiro atoms. The Morgan fingerprint density at radius 3 is 2.71 bits per heavy atom. The van der Waals surface area contributed by atoms with Crippen molar-refractivity contribution in [2.45, 2.75) is 25.2 Å². The molecule has 0 radical (unpaired) electrons. The lowest BCUT2D eigenvalue weighted by Gasteiger charge is -2.34. The third kappa shape index (κ3) is 4.90. The van der Waals surface area contributed by atoms with E-state index in [1.165, 1.54) is 22.9 Å². The standard InChI is InChI=1S/C23H27N5O6S/c1-13(2)9-10-25-28-17-6-4-3-5-15(17)21(30)20(23(28)31)22-26-16-8-7-14(34-12-19(24)29)11-18(16)35(32,33)27-22/h3-8,11,13,25,30,32-33H,9-10,12H2,1-2H3,(H2,24,29)(H,26,27). The third-order valence-corrected chi connectivity index (χ3v) is 6.75. The molecule has 0 fully saturated rings. The average molecular weight is 502 g/mol. The number of nitrogens with one attached hydrogen (secondary N) is 2. The Labute approximate surface area is 202 Å². The van der Waals surface area contributed by atoms with Gasteiger partial charge in [-0.15, -0.1) is 4.40 Å². The maximum Gasteiger partial charge on any atom is 0.284 e. The highest BCUT2D eigenvalue weighted by Crippen LogP contribution is 2.56. The topological polar surface area (TPSA) is 171 Å². The maximum absolute atomic E-state index is 13.5. The number of para-hydroxylation sites is 1. The van der Waals surface area contributed by atoms with Gasteiger partial charge in [-0.05, 0) is 36.6 Å². The molecule has 7 N–H and O–H groups in total. The second-order valence-corrected chi connectivity index (χ2v) is 10.1. The van der Waals surface area contributed by atoms with E-state index in [0.717, 1.165) is 6.42 Å². The zero-order valence-corrected chi connectivity index (χ0v) is 20.0. The lowest BCUT2D eigenvalue weighted by molar-refractivity contribution is -0.119. The van der Waals surface area contributed by atoms with Gasteiger partial charge in [0.25, 0.3) is 11.5 Å². The molecule has 0 unspecified atom stereocenters. The Balaban J connectivity index is 1.80. The molecule has 0 bridgehead atoms. The van der Waals surface area contributed by atoms with Crippen LogP contribution in [0.15, 0.2) is 56.6 Å². The van der Waals surface area contributed by atoms with E-state index < -0.39 is 22.2 Å². The van der Waals surface area contributed by atoms with E-state index >= 15 is 0 Å². The fraction of sp³-hybridized carbons (Fsp3) is 0.261. The molecule has 12 heteroatoms. The quantitative estimate of drug-likeness (QED) is 0.273. The first kappa shape index (κ1) is 24.4. The number of amides is 1. The highest BCUT2D eigenvalue weighted by molar-refractivity contribution is 8.23. The number of aromatic nitrogens is 1. The number of aromatic hydroxyl groups is 1. The summed E-state index contributed by atoms with van der Waals surface area (Å²) >= 11 is 0. The Bertz CT molecular complexity index is 1380. The number of hydrogen-bond acceptors (Lipinski definition) is 9. The Kier molecular flexibility index (Phi) is 6.61. The summed E-state index contributed by atoms with van der Waals surface area (Å²) in [5.74, 6) is -0.604. The molecule has 186 valence electrons. The Morgan fingerprint density at radius 1 is 1.26 bits per heavy atom. The predicted molar refractivity (Wildman–Crippen MR) is 136 cm³/mol. The van der Waals surface area contributed by atoms with Crippen LogP contribution in [0.1, 0.15) is 25.8 Å². The van der Waals surface area contributed by atoms with E-state index in [1.54, 1.807) is 24.3 Å². The van der Waals surface area contributed by atoms with Crippen LogP contribution in [0.2, 0.25) is 0 Å². The van der Waals surface area contributed by atoms with Crippen molar-refractivity contribution >= 4 is 39.1 Å². The van der Waals surface area contributed by atoms with Gasteiger partial charge in [0.2, 0.25) is 0 Å². The van der Waals surface area contributed by atoms with Gasteiger partial charge in [0.15, 0.2) is 12.4 Å². The van der Waals surface area contributed by atoms with Crippen LogP contribution in [0.3, 0.4) is 0 Å². The molecule has 35 heavy (non-hydrogen) atoms. The second-order valence-electron chi connectivity index (χ2n) is 8.47. The molecule has 2 heterocycles. The van der Waals surface area contributed by atoms with Crippen molar-refractivity contribution < 1.29 is 23.7 Å². The number of benzene rings is 2. The number of carbonyl (C=O) groups is 1. The average Bonchev–Trinajstić information content (AvgIpc) is 2.79. The van der Waals surface area contributed by atoms with E-state index in [0.29, 0.717) is 23.4 Å². The van der Waals surface area contributed by atoms with Crippen LogP contribution >= 0.6 is 10.8 Å². The second kappa shape index (κ2) is 9.49. The number of primary amides is 1. The molecule has 11 nitrogen and oxygen atoms in total. The summed E-state index contributed by atoms with van der Waals surface area (Å²) in [7, 11) is -3.78. The lowest BCUT2D eigenvalue weighted by atomic mass is 10.1. The Hall–Kier alpha value is -3.74. The van der Waals surface area contributed by atoms with Gasteiger partial charge in [0.1, 0.15) is 22.0 Å². The number of nitrogens with zero attached hydrogens (tertiary/aromatic N) is 2. The summed E-state index contributed by atoms with van der Waals surface area (Å²) < 4.78 is 32.1. The van der Waals surface area contributed by atoms with Crippen LogP contribution in [0, 0.1) is 5.92 Å². The highest BCUT2D eigenvalue weighted by atomic mass is 32.3. The number of hydrogen-bond donors (Lipinski definition) is 6. The Morgan fingerprint density at radius 2 is 2.00 bits per heavy atom. The van der Waals surface area contributed by atoms with Crippen LogP contribution in [0.25, 0.3) is 10.9 Å². The van der Waals surface area contributed by atoms with Gasteiger partial charge >= 0.3 is 0 Å². The summed E-state index contributed by atoms with van der Waals surface area (Å²) in [4.78, 5) is 24.5. The predicted octanol–water partition coefficient (Wildman–Crippen LogP) is 3.06. The zero-order valence-electron chi connectivity index (χ0n) is 19.2. The van der Waals surface area contributed by atoms with E-state index in [1.807, 2.05) is 0 Å². The number of anilines is 1. The summed E-state index contributed by atoms with van der Waals surface area (Å²) in [6.45, 7) is 4.27. The molecule has 1 aliphatic rings. The SMILES string of the molecule is CC(C)CCNn1c(=O)c(C2=NS(O)(O)c3cc(OCC(N)=O)ccc3N2)c(O)c2ccccc21. The lowest BCUT2D eigenvalue weighted by Crippen LogP contribution is -2.36. The van der Waals surface area contributed by atoms with E-state index in [2.05, 4.69) is 29.0 Å². The molecule has 3 aromatic rings. The molecule has 0 atom stereocenters. The van der Waals surface area contributed by atoms with Crippen molar-refractivity contribution in [3.8, 4) is 11.5 Å². The fourth-order valence-corrected chi connectivity index (χ4v) is 4.85. The highest BCUT2D eigenvalue weighted by Gasteiger charge is 2.31. The molecule has 0 saturated heterocycles. The molecular weight excluding hydrogens is 474 g/mol. The third-order valence-electron chi connectivity index (χ3n) is 5.38. The van der Waals surface area contributed by atoms with Gasteiger partial charge in [0, 0.05) is 18.0 Å². The van der Waals surface area contributed by atoms with Gasteiger partial charge in [0.05, 0.1) is 11.2 Å². The van der Waals surface area contributed by atoms with Crippen LogP contribution in [-0.2, 0) is 4.79 Å². The van der Waals surface area contributed by atoms with Crippen molar-refractivity contribution in [3.63, 3.8) is 0 Å². The number of pyridine rings is 1. The number of ether oxygens (including phenoxy) is 1. The van der Waals surface area contributed by atoms with Crippen LogP contribution in [0.5, 0.6) is 11.5 Å². The van der Waals surface area contributed by atoms with Gasteiger partial charge in [-0.3, -0.25) is 18.7 Å². The van der Waals surface area contributed by atoms with Gasteiger partial charge < -0.3 is 26.3 Å². The summed E-state index contributed by atoms with van der Waals surface area (Å²) in [6.07, 6.45) is 0.810. The van der Waals surface area contributed by atoms with Crippen molar-refractivity contribution in [1.29, 1.82) is 0 Å². The van der Waals surface area contributed by atoms with Crippen molar-refractivity contribution in [1.82, 2.24) is 4.68 Å². The maximum atomic E-state index is 13.5. The van der Waals surface area contributed by atoms with Gasteiger partial charge in [-0.25, -0.2) is 4.68 Å². The van der Waals surface area contributed by atoms with Crippen LogP contribution < -0.4 is 26.8 Å². The van der Waals surface area contributed by atoms with Crippen molar-refractivity contribution in [2.75, 3.05) is 23.9 Å². The first-order valence-electron chi connectivity index (χ1n) is 10.9. The molecule has 1 amide bonds. The molecule has 1 aromatic heterocycles. The molecular formula is C23H27N5O6S.